The minimum Gasteiger partial charge on any atom is -0.364 e. The lowest BCUT2D eigenvalue weighted by Gasteiger charge is -2.26. The molecule has 600 valence electrons. The Morgan fingerprint density at radius 3 is 0.991 bits per heavy atom. The molecule has 39 heteroatoms. The quantitative estimate of drug-likeness (QED) is 0.0123. The van der Waals surface area contributed by atoms with Crippen LogP contribution in [0.4, 0.5) is 87.4 Å². The van der Waals surface area contributed by atoms with Gasteiger partial charge in [0.15, 0.2) is 11.6 Å². The highest BCUT2D eigenvalue weighted by Crippen LogP contribution is 2.33. The van der Waals surface area contributed by atoms with Gasteiger partial charge in [-0.15, -0.1) is 0 Å². The number of aryl methyl sites for hydroxylation is 1. The number of nitrogens with zero attached hydrogens (tertiary/aromatic N) is 12. The number of benzene rings is 4. The second-order valence-corrected chi connectivity index (χ2v) is 29.4. The highest BCUT2D eigenvalue weighted by atomic mass is 35.5. The third-order valence-corrected chi connectivity index (χ3v) is 20.5. The van der Waals surface area contributed by atoms with Gasteiger partial charge in [-0.3, -0.25) is 40.5 Å². The number of hydrogen-bond acceptors (Lipinski definition) is 28. The van der Waals surface area contributed by atoms with Crippen molar-refractivity contribution in [3.63, 3.8) is 0 Å². The Balaban J connectivity index is 0.000000171. The zero-order valence-corrected chi connectivity index (χ0v) is 63.7. The largest absolute Gasteiger partial charge is 0.364 e. The number of hydrogen-bond donors (Lipinski definition) is 12. The number of anilines is 8. The first-order valence-corrected chi connectivity index (χ1v) is 37.9. The molecule has 32 nitrogen and oxygen atoms in total. The van der Waals surface area contributed by atoms with Crippen LogP contribution in [0.5, 0.6) is 0 Å². The van der Waals surface area contributed by atoms with E-state index in [0.29, 0.717) is 90.1 Å². The topological polar surface area (TPSA) is 476 Å². The Hall–Kier alpha value is -10.4. The maximum Gasteiger partial charge on any atom is 0.329 e. The molecule has 112 heavy (non-hydrogen) atoms. The summed E-state index contributed by atoms with van der Waals surface area (Å²) in [4.78, 5) is 76.0. The van der Waals surface area contributed by atoms with Gasteiger partial charge in [-0.05, 0) is 210 Å². The van der Waals surface area contributed by atoms with E-state index in [-0.39, 0.29) is 106 Å². The second kappa shape index (κ2) is 42.3. The van der Waals surface area contributed by atoms with Gasteiger partial charge in [-0.1, -0.05) is 53.0 Å². The molecule has 4 fully saturated rings. The molecule has 16 N–H and O–H groups in total. The van der Waals surface area contributed by atoms with Crippen molar-refractivity contribution >= 4 is 105 Å². The lowest BCUT2D eigenvalue weighted by molar-refractivity contribution is -0.384. The van der Waals surface area contributed by atoms with Gasteiger partial charge < -0.3 is 65.5 Å². The lowest BCUT2D eigenvalue weighted by atomic mass is 9.86. The smallest absolute Gasteiger partial charge is 0.329 e. The zero-order valence-electron chi connectivity index (χ0n) is 61.4. The second-order valence-electron chi connectivity index (χ2n) is 28.1. The molecule has 0 saturated heterocycles. The zero-order chi connectivity index (χ0) is 80.4. The number of halogens is 7. The van der Waals surface area contributed by atoms with E-state index in [2.05, 4.69) is 82.4 Å². The van der Waals surface area contributed by atoms with Crippen molar-refractivity contribution in [2.75, 3.05) is 68.7 Å². The fourth-order valence-corrected chi connectivity index (χ4v) is 13.5. The number of aromatic nitrogens is 8. The summed E-state index contributed by atoms with van der Waals surface area (Å²) >= 11 is 17.7. The summed E-state index contributed by atoms with van der Waals surface area (Å²) in [5, 5.41) is 70.4. The van der Waals surface area contributed by atoms with Crippen LogP contribution in [0, 0.1) is 94.3 Å². The molecule has 4 heterocycles. The highest BCUT2D eigenvalue weighted by molar-refractivity contribution is 6.31. The molecule has 0 spiro atoms. The number of rotatable bonds is 28. The highest BCUT2D eigenvalue weighted by Gasteiger charge is 2.28. The van der Waals surface area contributed by atoms with Gasteiger partial charge in [-0.25, -0.2) is 37.5 Å². The fraction of sp³-hybridized carbons (Fsp3) is 0.452. The summed E-state index contributed by atoms with van der Waals surface area (Å²) in [6, 6.07) is 18.8. The Morgan fingerprint density at radius 2 is 0.661 bits per heavy atom. The normalized spacial score (nSPS) is 19.2. The van der Waals surface area contributed by atoms with E-state index in [1.54, 1.807) is 6.07 Å². The van der Waals surface area contributed by atoms with Gasteiger partial charge in [0.05, 0.1) is 24.7 Å². The van der Waals surface area contributed by atoms with Gasteiger partial charge in [0.1, 0.15) is 36.4 Å². The summed E-state index contributed by atoms with van der Waals surface area (Å²) in [5.41, 5.74) is 26.6. The first-order chi connectivity index (χ1) is 53.7. The number of nitro groups is 4. The lowest BCUT2D eigenvalue weighted by Crippen LogP contribution is -2.29. The van der Waals surface area contributed by atoms with Crippen molar-refractivity contribution in [3.8, 4) is 0 Å². The maximum atomic E-state index is 13.8. The molecule has 4 aromatic carbocycles. The minimum absolute atomic E-state index is 0.0264. The van der Waals surface area contributed by atoms with E-state index in [0.717, 1.165) is 144 Å². The molecule has 0 unspecified atom stereocenters. The summed E-state index contributed by atoms with van der Waals surface area (Å²) in [6.45, 7) is 5.39. The van der Waals surface area contributed by atoms with E-state index in [1.165, 1.54) is 48.8 Å². The molecule has 0 radical (unpaired) electrons. The van der Waals surface area contributed by atoms with E-state index in [4.69, 9.17) is 57.7 Å². The van der Waals surface area contributed by atoms with Crippen molar-refractivity contribution in [3.05, 3.63) is 204 Å². The molecule has 0 aliphatic heterocycles. The molecule has 4 saturated carbocycles. The average molecular weight is 1620 g/mol. The molecule has 4 aliphatic carbocycles. The molecule has 4 aromatic heterocycles. The summed E-state index contributed by atoms with van der Waals surface area (Å²) < 4.78 is 53.3. The van der Waals surface area contributed by atoms with Crippen molar-refractivity contribution in [2.24, 2.45) is 46.6 Å². The molecular weight excluding hydrogens is 1520 g/mol. The van der Waals surface area contributed by atoms with Crippen LogP contribution in [-0.2, 0) is 26.2 Å². The Labute approximate surface area is 658 Å². The van der Waals surface area contributed by atoms with E-state index in [9.17, 15) is 58.0 Å². The molecule has 8 aromatic rings. The summed E-state index contributed by atoms with van der Waals surface area (Å²) in [5.74, 6) is 0.426. The molecule has 4 aliphatic rings. The van der Waals surface area contributed by atoms with Crippen LogP contribution in [0.1, 0.15) is 131 Å². The van der Waals surface area contributed by atoms with Crippen LogP contribution >= 0.6 is 34.8 Å². The summed E-state index contributed by atoms with van der Waals surface area (Å²) in [7, 11) is 0. The first-order valence-electron chi connectivity index (χ1n) is 36.7. The number of nitrogens with two attached hydrogens (primary N) is 4. The fourth-order valence-electron chi connectivity index (χ4n) is 13.0. The van der Waals surface area contributed by atoms with Crippen molar-refractivity contribution in [1.82, 2.24) is 39.9 Å². The van der Waals surface area contributed by atoms with Gasteiger partial charge in [0.25, 0.3) is 0 Å². The van der Waals surface area contributed by atoms with E-state index >= 15 is 0 Å². The van der Waals surface area contributed by atoms with Gasteiger partial charge in [0, 0.05) is 92.1 Å². The Morgan fingerprint density at radius 1 is 0.366 bits per heavy atom. The molecule has 12 rings (SSSR count). The minimum atomic E-state index is -0.946. The predicted molar refractivity (Wildman–Crippen MR) is 423 cm³/mol. The average Bonchev–Trinajstić information content (AvgIpc) is 0.847. The molecular formula is C73H91Cl3F4N24O8. The monoisotopic (exact) mass is 1610 g/mol. The van der Waals surface area contributed by atoms with Crippen LogP contribution in [0.2, 0.25) is 15.1 Å². The maximum absolute atomic E-state index is 13.8. The predicted octanol–water partition coefficient (Wildman–Crippen LogP) is 14.5. The van der Waals surface area contributed by atoms with Crippen LogP contribution in [0.3, 0.4) is 0 Å². The Bertz CT molecular complexity index is 4210. The molecule has 0 amide bonds. The van der Waals surface area contributed by atoms with Gasteiger partial charge in [0.2, 0.25) is 47.1 Å². The van der Waals surface area contributed by atoms with Gasteiger partial charge >= 0.3 is 22.7 Å². The number of nitrogens with one attached hydrogen (secondary N) is 8. The molecule has 0 atom stereocenters. The first kappa shape index (κ1) is 85.6. The third-order valence-electron chi connectivity index (χ3n) is 19.7. The van der Waals surface area contributed by atoms with Crippen molar-refractivity contribution in [1.29, 1.82) is 0 Å². The van der Waals surface area contributed by atoms with E-state index < -0.39 is 43.0 Å². The standard InChI is InChI=1S/C19H25ClN6O2.2C18H22ClFN6O2.C18H22F2N6O2/c1-12-2-5-15(20)8-14(12)10-23-19-24-11-17(26(27)28)18(25-19)22-9-13-3-6-16(21)7-4-13;19-13-3-6-15(20)12(7-13)9-23-18-24-10-16(26(27)28)17(25-18)22-8-11-1-4-14(21)5-2-11;19-14-7-12(3-6-15(14)20)9-23-18-24-10-16(26(27)28)17(25-18)22-8-11-1-4-13(21)5-2-11;19-14-6-3-12(7-15(14)20)9-23-18-24-10-16(26(27)28)17(25-18)22-8-11-1-4-13(21)5-2-11/h2,5,8,11,13,16H,3-4,6-7,9-10,21H2,1H3,(H2,22,23,24,25);3,6-7,10-11,14H,1-2,4-5,8-9,21H2,(H2,22,23,24,25);2*3,6-7,10-11,13H,1-2,4-5,8-9,21H2,(H2,22,23,24,25). The van der Waals surface area contributed by atoms with E-state index in [1.807, 2.05) is 25.1 Å². The van der Waals surface area contributed by atoms with Crippen LogP contribution < -0.4 is 65.5 Å². The van der Waals surface area contributed by atoms with Crippen LogP contribution in [0.25, 0.3) is 0 Å². The van der Waals surface area contributed by atoms with Crippen LogP contribution in [-0.4, -0.2) is 110 Å². The van der Waals surface area contributed by atoms with Crippen molar-refractivity contribution in [2.45, 2.75) is 160 Å². The third kappa shape index (κ3) is 27.0. The van der Waals surface area contributed by atoms with Crippen molar-refractivity contribution < 1.29 is 37.3 Å². The van der Waals surface area contributed by atoms with Gasteiger partial charge in [-0.2, -0.15) is 19.9 Å². The Kier molecular flexibility index (Phi) is 32.4. The SMILES string of the molecule is Cc1ccc(Cl)cc1CNc1ncc([N+](=O)[O-])c(NCC2CCC(N)CC2)n1.NC1CCC(CNc2nc(NCc3cc(Cl)ccc3F)ncc2[N+](=O)[O-])CC1.NC1CCC(CNc2nc(NCc3ccc(F)c(Cl)c3)ncc2[N+](=O)[O-])CC1.NC1CCC(CNc2nc(NCc3ccc(F)c(F)c3)ncc2[N+](=O)[O-])CC1. The van der Waals surface area contributed by atoms with Crippen LogP contribution in [0.15, 0.2) is 97.6 Å². The summed E-state index contributed by atoms with van der Waals surface area (Å²) in [6.07, 6.45) is 20.3. The molecule has 0 bridgehead atoms.